The van der Waals surface area contributed by atoms with Crippen LogP contribution in [0.5, 0.6) is 0 Å². The van der Waals surface area contributed by atoms with E-state index in [0.29, 0.717) is 0 Å². The van der Waals surface area contributed by atoms with Gasteiger partial charge in [-0.05, 0) is 13.8 Å². The summed E-state index contributed by atoms with van der Waals surface area (Å²) in [6.07, 6.45) is 2.71. The molecule has 1 saturated heterocycles. The standard InChI is InChI=1S/C9H14NS2/c1-7-3-4-8(2)10(7)9-11-5-6-12-9/h5-8H,3-4H2,1-2H3/q+1. The van der Waals surface area contributed by atoms with E-state index in [2.05, 4.69) is 29.2 Å². The summed E-state index contributed by atoms with van der Waals surface area (Å²) in [4.78, 5) is 0. The average molecular weight is 200 g/mol. The van der Waals surface area contributed by atoms with Crippen LogP contribution < -0.4 is 8.56 Å². The molecule has 66 valence electrons. The molecule has 0 saturated carbocycles. The first-order valence-corrected chi connectivity index (χ1v) is 6.18. The smallest absolute Gasteiger partial charge is 0.207 e. The molecular weight excluding hydrogens is 186 g/mol. The number of hydrogen-bond acceptors (Lipinski definition) is 2. The molecule has 1 aliphatic heterocycles. The first-order chi connectivity index (χ1) is 5.79. The molecule has 0 spiro atoms. The lowest BCUT2D eigenvalue weighted by Crippen LogP contribution is -2.34. The van der Waals surface area contributed by atoms with Crippen LogP contribution in [0.3, 0.4) is 0 Å². The number of rotatable bonds is 0. The third-order valence-electron chi connectivity index (χ3n) is 2.56. The Labute approximate surface area is 81.0 Å². The summed E-state index contributed by atoms with van der Waals surface area (Å²) in [6.45, 7) is 4.66. The molecule has 0 bridgehead atoms. The largest absolute Gasteiger partial charge is 0.314 e. The quantitative estimate of drug-likeness (QED) is 0.565. The summed E-state index contributed by atoms with van der Waals surface area (Å²) in [5.41, 5.74) is 0. The van der Waals surface area contributed by atoms with Gasteiger partial charge in [-0.1, -0.05) is 22.7 Å². The van der Waals surface area contributed by atoms with Gasteiger partial charge in [-0.15, -0.1) is 0 Å². The molecular formula is C9H14NS2+. The van der Waals surface area contributed by atoms with Crippen LogP contribution in [0.4, 0.5) is 0 Å². The normalized spacial score (nSPS) is 29.7. The first kappa shape index (κ1) is 8.45. The molecule has 2 rings (SSSR count). The third kappa shape index (κ3) is 1.36. The highest BCUT2D eigenvalue weighted by atomic mass is 32.2. The average Bonchev–Trinajstić information content (AvgIpc) is 2.61. The minimum atomic E-state index is 0.745. The Morgan fingerprint density at radius 1 is 1.17 bits per heavy atom. The van der Waals surface area contributed by atoms with E-state index in [4.69, 9.17) is 0 Å². The van der Waals surface area contributed by atoms with E-state index in [-0.39, 0.29) is 0 Å². The van der Waals surface area contributed by atoms with Crippen LogP contribution in [0.25, 0.3) is 0 Å². The topological polar surface area (TPSA) is 3.01 Å². The van der Waals surface area contributed by atoms with Gasteiger partial charge in [-0.3, -0.25) is 0 Å². The van der Waals surface area contributed by atoms with Crippen LogP contribution in [0.1, 0.15) is 26.7 Å². The van der Waals surface area contributed by atoms with E-state index in [1.54, 1.807) is 0 Å². The second-order valence-corrected chi connectivity index (χ2v) is 5.50. The molecule has 2 atom stereocenters. The summed E-state index contributed by atoms with van der Waals surface area (Å²) < 4.78 is 4.04. The van der Waals surface area contributed by atoms with Crippen molar-refractivity contribution in [3.05, 3.63) is 14.7 Å². The highest BCUT2D eigenvalue weighted by molar-refractivity contribution is 7.24. The van der Waals surface area contributed by atoms with Gasteiger partial charge in [0.05, 0.1) is 0 Å². The van der Waals surface area contributed by atoms with Crippen molar-refractivity contribution in [3.63, 3.8) is 0 Å². The van der Waals surface area contributed by atoms with E-state index in [9.17, 15) is 0 Å². The van der Waals surface area contributed by atoms with Crippen molar-refractivity contribution in [2.45, 2.75) is 38.8 Å². The van der Waals surface area contributed by atoms with E-state index in [1.807, 2.05) is 22.7 Å². The van der Waals surface area contributed by atoms with E-state index < -0.39 is 0 Å². The fourth-order valence-corrected chi connectivity index (χ4v) is 4.07. The molecule has 1 nitrogen and oxygen atoms in total. The minimum Gasteiger partial charge on any atom is -0.207 e. The van der Waals surface area contributed by atoms with Crippen LogP contribution in [0.15, 0.2) is 10.8 Å². The number of nitrogens with zero attached hydrogens (tertiary/aromatic N) is 1. The predicted octanol–water partition coefficient (Wildman–Crippen LogP) is 2.15. The fourth-order valence-electron chi connectivity index (χ4n) is 1.88. The van der Waals surface area contributed by atoms with Crippen molar-refractivity contribution in [3.8, 4) is 0 Å². The lowest BCUT2D eigenvalue weighted by molar-refractivity contribution is 0.500. The zero-order valence-electron chi connectivity index (χ0n) is 7.49. The van der Waals surface area contributed by atoms with Crippen molar-refractivity contribution in [2.24, 2.45) is 0 Å². The maximum Gasteiger partial charge on any atom is 0.314 e. The highest BCUT2D eigenvalue weighted by Crippen LogP contribution is 2.16. The zero-order valence-corrected chi connectivity index (χ0v) is 9.12. The molecule has 1 aliphatic rings. The molecule has 12 heavy (non-hydrogen) atoms. The van der Waals surface area contributed by atoms with E-state index >= 15 is 0 Å². The Morgan fingerprint density at radius 2 is 1.67 bits per heavy atom. The molecule has 0 amide bonds. The zero-order chi connectivity index (χ0) is 8.55. The van der Waals surface area contributed by atoms with Crippen molar-refractivity contribution in [2.75, 3.05) is 0 Å². The van der Waals surface area contributed by atoms with Crippen LogP contribution in [0.2, 0.25) is 0 Å². The highest BCUT2D eigenvalue weighted by Gasteiger charge is 2.31. The Balaban J connectivity index is 2.52. The lowest BCUT2D eigenvalue weighted by atomic mass is 10.2. The van der Waals surface area contributed by atoms with Gasteiger partial charge in [-0.2, -0.15) is 0 Å². The molecule has 2 unspecified atom stereocenters. The Hall–Kier alpha value is -0.150. The second-order valence-electron chi connectivity index (χ2n) is 3.46. The van der Waals surface area contributed by atoms with Gasteiger partial charge in [0.1, 0.15) is 0 Å². The van der Waals surface area contributed by atoms with Crippen molar-refractivity contribution in [1.29, 1.82) is 0 Å². The molecule has 0 radical (unpaired) electrons. The lowest BCUT2D eigenvalue weighted by Gasteiger charge is -2.02. The van der Waals surface area contributed by atoms with Gasteiger partial charge in [0, 0.05) is 23.6 Å². The van der Waals surface area contributed by atoms with Crippen LogP contribution in [-0.2, 0) is 0 Å². The Kier molecular flexibility index (Phi) is 2.33. The molecule has 0 N–H and O–H groups in total. The van der Waals surface area contributed by atoms with Crippen molar-refractivity contribution < 1.29 is 0 Å². The maximum atomic E-state index is 2.56. The maximum absolute atomic E-state index is 2.56. The van der Waals surface area contributed by atoms with E-state index in [1.165, 1.54) is 16.8 Å². The first-order valence-electron chi connectivity index (χ1n) is 4.42. The third-order valence-corrected chi connectivity index (χ3v) is 4.67. The van der Waals surface area contributed by atoms with Crippen molar-refractivity contribution in [1.82, 2.24) is 4.58 Å². The SMILES string of the molecule is CC1CCC(C)[N+]1=c1sccs1. The van der Waals surface area contributed by atoms with E-state index in [0.717, 1.165) is 12.1 Å². The summed E-state index contributed by atoms with van der Waals surface area (Å²) in [5, 5.41) is 4.36. The fraction of sp³-hybridized carbons (Fsp3) is 0.667. The summed E-state index contributed by atoms with van der Waals surface area (Å²) in [6, 6.07) is 1.49. The molecule has 1 aromatic heterocycles. The van der Waals surface area contributed by atoms with Gasteiger partial charge in [0.15, 0.2) is 12.1 Å². The van der Waals surface area contributed by atoms with Crippen LogP contribution >= 0.6 is 22.7 Å². The van der Waals surface area contributed by atoms with Crippen molar-refractivity contribution >= 4 is 22.7 Å². The predicted molar refractivity (Wildman–Crippen MR) is 55.6 cm³/mol. The molecule has 2 heterocycles. The Morgan fingerprint density at radius 3 is 2.17 bits per heavy atom. The molecule has 1 fully saturated rings. The number of hydrogen-bond donors (Lipinski definition) is 0. The summed E-state index contributed by atoms with van der Waals surface area (Å²) in [5.74, 6) is 0. The molecule has 1 aromatic rings. The minimum absolute atomic E-state index is 0.745. The molecule has 0 aliphatic carbocycles. The van der Waals surface area contributed by atoms with Gasteiger partial charge in [0.2, 0.25) is 0 Å². The summed E-state index contributed by atoms with van der Waals surface area (Å²) in [7, 11) is 0. The van der Waals surface area contributed by atoms with Gasteiger partial charge in [0.25, 0.3) is 0 Å². The Bertz CT molecular complexity index is 295. The molecule has 0 aromatic carbocycles. The van der Waals surface area contributed by atoms with Gasteiger partial charge < -0.3 is 0 Å². The second kappa shape index (κ2) is 3.30. The van der Waals surface area contributed by atoms with Gasteiger partial charge >= 0.3 is 3.98 Å². The monoisotopic (exact) mass is 200 g/mol. The van der Waals surface area contributed by atoms with Crippen LogP contribution in [-0.4, -0.2) is 12.1 Å². The van der Waals surface area contributed by atoms with Crippen LogP contribution in [0, 0.1) is 0 Å². The summed E-state index contributed by atoms with van der Waals surface area (Å²) >= 11 is 3.74. The molecule has 3 heteroatoms. The van der Waals surface area contributed by atoms with Gasteiger partial charge in [-0.25, -0.2) is 4.58 Å².